The number of hydrogen-bond donors (Lipinski definition) is 2. The zero-order valence-corrected chi connectivity index (χ0v) is 10.9. The fraction of sp³-hybridized carbons (Fsp3) is 0.923. The number of amides is 1. The summed E-state index contributed by atoms with van der Waals surface area (Å²) in [4.78, 5) is 12.1. The Morgan fingerprint density at radius 2 is 2.12 bits per heavy atom. The molecule has 1 saturated heterocycles. The van der Waals surface area contributed by atoms with E-state index in [1.54, 1.807) is 0 Å². The van der Waals surface area contributed by atoms with Crippen molar-refractivity contribution >= 4 is 5.91 Å². The summed E-state index contributed by atoms with van der Waals surface area (Å²) in [7, 11) is 0. The van der Waals surface area contributed by atoms with E-state index in [1.807, 2.05) is 0 Å². The van der Waals surface area contributed by atoms with Gasteiger partial charge in [-0.1, -0.05) is 33.6 Å². The summed E-state index contributed by atoms with van der Waals surface area (Å²) in [6.07, 6.45) is 5.61. The van der Waals surface area contributed by atoms with Crippen molar-refractivity contribution in [2.45, 2.75) is 65.0 Å². The first-order valence-electron chi connectivity index (χ1n) is 6.69. The van der Waals surface area contributed by atoms with Crippen LogP contribution < -0.4 is 10.6 Å². The molecule has 1 aliphatic rings. The monoisotopic (exact) mass is 226 g/mol. The summed E-state index contributed by atoms with van der Waals surface area (Å²) in [5.41, 5.74) is 0. The summed E-state index contributed by atoms with van der Waals surface area (Å²) < 4.78 is 0. The normalized spacial score (nSPS) is 23.9. The van der Waals surface area contributed by atoms with E-state index in [4.69, 9.17) is 0 Å². The molecule has 3 heteroatoms. The van der Waals surface area contributed by atoms with Gasteiger partial charge in [-0.2, -0.15) is 0 Å². The first-order valence-corrected chi connectivity index (χ1v) is 6.69. The largest absolute Gasteiger partial charge is 0.352 e. The van der Waals surface area contributed by atoms with Crippen LogP contribution in [0.1, 0.15) is 52.9 Å². The van der Waals surface area contributed by atoms with Crippen molar-refractivity contribution in [1.82, 2.24) is 10.6 Å². The maximum atomic E-state index is 12.1. The molecule has 1 rings (SSSR count). The third-order valence-electron chi connectivity index (χ3n) is 3.45. The minimum Gasteiger partial charge on any atom is -0.352 e. The first-order chi connectivity index (χ1) is 7.65. The van der Waals surface area contributed by atoms with E-state index >= 15 is 0 Å². The third-order valence-corrected chi connectivity index (χ3v) is 3.45. The molecule has 1 aliphatic heterocycles. The smallest absolute Gasteiger partial charge is 0.237 e. The lowest BCUT2D eigenvalue weighted by Gasteiger charge is -2.24. The Kier molecular flexibility index (Phi) is 5.81. The van der Waals surface area contributed by atoms with E-state index in [2.05, 4.69) is 31.4 Å². The predicted octanol–water partition coefficient (Wildman–Crippen LogP) is 2.07. The van der Waals surface area contributed by atoms with Crippen LogP contribution >= 0.6 is 0 Å². The van der Waals surface area contributed by atoms with Gasteiger partial charge in [0.25, 0.3) is 0 Å². The molecular weight excluding hydrogens is 200 g/mol. The summed E-state index contributed by atoms with van der Waals surface area (Å²) in [5.74, 6) is 0.710. The average molecular weight is 226 g/mol. The molecule has 1 fully saturated rings. The van der Waals surface area contributed by atoms with Crippen LogP contribution in [-0.4, -0.2) is 24.5 Å². The number of nitrogens with one attached hydrogen (secondary N) is 2. The van der Waals surface area contributed by atoms with E-state index in [9.17, 15) is 4.79 Å². The molecule has 0 radical (unpaired) electrons. The Morgan fingerprint density at radius 1 is 1.38 bits per heavy atom. The van der Waals surface area contributed by atoms with Crippen molar-refractivity contribution in [3.8, 4) is 0 Å². The molecule has 94 valence electrons. The molecule has 0 bridgehead atoms. The van der Waals surface area contributed by atoms with E-state index in [0.717, 1.165) is 19.4 Å². The fourth-order valence-electron chi connectivity index (χ4n) is 2.28. The first kappa shape index (κ1) is 13.5. The van der Waals surface area contributed by atoms with Gasteiger partial charge in [0.15, 0.2) is 0 Å². The highest BCUT2D eigenvalue weighted by molar-refractivity contribution is 5.82. The molecule has 0 aromatic heterocycles. The SMILES string of the molecule is CCC(NC(=O)C1CCCCCN1)C(C)C. The van der Waals surface area contributed by atoms with E-state index in [-0.39, 0.29) is 11.9 Å². The van der Waals surface area contributed by atoms with Gasteiger partial charge < -0.3 is 10.6 Å². The van der Waals surface area contributed by atoms with E-state index < -0.39 is 0 Å². The average Bonchev–Trinajstić information content (AvgIpc) is 2.53. The van der Waals surface area contributed by atoms with Gasteiger partial charge >= 0.3 is 0 Å². The lowest BCUT2D eigenvalue weighted by molar-refractivity contribution is -0.124. The third kappa shape index (κ3) is 4.12. The minimum atomic E-state index is 0.0373. The summed E-state index contributed by atoms with van der Waals surface area (Å²) >= 11 is 0. The Labute approximate surface area is 99.4 Å². The molecule has 1 heterocycles. The maximum absolute atomic E-state index is 12.1. The molecular formula is C13H26N2O. The molecule has 0 spiro atoms. The van der Waals surface area contributed by atoms with Crippen molar-refractivity contribution in [1.29, 1.82) is 0 Å². The van der Waals surface area contributed by atoms with Crippen LogP contribution in [0.3, 0.4) is 0 Å². The fourth-order valence-corrected chi connectivity index (χ4v) is 2.28. The second-order valence-corrected chi connectivity index (χ2v) is 5.12. The van der Waals surface area contributed by atoms with Gasteiger partial charge in [0.05, 0.1) is 6.04 Å². The molecule has 0 aromatic carbocycles. The number of carbonyl (C=O) groups is 1. The Morgan fingerprint density at radius 3 is 2.75 bits per heavy atom. The summed E-state index contributed by atoms with van der Waals surface area (Å²) in [6, 6.07) is 0.354. The lowest BCUT2D eigenvalue weighted by Crippen LogP contribution is -2.48. The number of hydrogen-bond acceptors (Lipinski definition) is 2. The Bertz CT molecular complexity index is 208. The molecule has 3 nitrogen and oxygen atoms in total. The van der Waals surface area contributed by atoms with Crippen molar-refractivity contribution in [2.24, 2.45) is 5.92 Å². The zero-order valence-electron chi connectivity index (χ0n) is 10.9. The lowest BCUT2D eigenvalue weighted by atomic mass is 10.0. The molecule has 2 N–H and O–H groups in total. The highest BCUT2D eigenvalue weighted by atomic mass is 16.2. The van der Waals surface area contributed by atoms with Crippen LogP contribution in [0.15, 0.2) is 0 Å². The molecule has 16 heavy (non-hydrogen) atoms. The number of rotatable bonds is 4. The van der Waals surface area contributed by atoms with Crippen molar-refractivity contribution < 1.29 is 4.79 Å². The van der Waals surface area contributed by atoms with Gasteiger partial charge in [-0.3, -0.25) is 4.79 Å². The van der Waals surface area contributed by atoms with Crippen molar-refractivity contribution in [3.05, 3.63) is 0 Å². The maximum Gasteiger partial charge on any atom is 0.237 e. The molecule has 0 saturated carbocycles. The van der Waals surface area contributed by atoms with Crippen LogP contribution in [-0.2, 0) is 4.79 Å². The minimum absolute atomic E-state index is 0.0373. The van der Waals surface area contributed by atoms with Gasteiger partial charge in [-0.15, -0.1) is 0 Å². The molecule has 0 aromatic rings. The standard InChI is InChI=1S/C13H26N2O/c1-4-11(10(2)3)15-13(16)12-8-6-5-7-9-14-12/h10-12,14H,4-9H2,1-3H3,(H,15,16). The van der Waals surface area contributed by atoms with Crippen LogP contribution in [0.25, 0.3) is 0 Å². The second kappa shape index (κ2) is 6.89. The topological polar surface area (TPSA) is 41.1 Å². The van der Waals surface area contributed by atoms with Crippen molar-refractivity contribution in [3.63, 3.8) is 0 Å². The highest BCUT2D eigenvalue weighted by Gasteiger charge is 2.22. The summed E-state index contributed by atoms with van der Waals surface area (Å²) in [5, 5.41) is 6.50. The molecule has 2 unspecified atom stereocenters. The van der Waals surface area contributed by atoms with Crippen LogP contribution in [0, 0.1) is 5.92 Å². The van der Waals surface area contributed by atoms with Crippen LogP contribution in [0.2, 0.25) is 0 Å². The molecule has 0 aliphatic carbocycles. The predicted molar refractivity (Wildman–Crippen MR) is 67.3 cm³/mol. The quantitative estimate of drug-likeness (QED) is 0.770. The van der Waals surface area contributed by atoms with E-state index in [1.165, 1.54) is 19.3 Å². The van der Waals surface area contributed by atoms with Gasteiger partial charge in [0.2, 0.25) is 5.91 Å². The number of carbonyl (C=O) groups excluding carboxylic acids is 1. The van der Waals surface area contributed by atoms with Crippen LogP contribution in [0.5, 0.6) is 0 Å². The highest BCUT2D eigenvalue weighted by Crippen LogP contribution is 2.10. The molecule has 1 amide bonds. The Balaban J connectivity index is 2.42. The zero-order chi connectivity index (χ0) is 12.0. The van der Waals surface area contributed by atoms with Gasteiger partial charge in [-0.25, -0.2) is 0 Å². The van der Waals surface area contributed by atoms with Crippen LogP contribution in [0.4, 0.5) is 0 Å². The van der Waals surface area contributed by atoms with Gasteiger partial charge in [-0.05, 0) is 31.7 Å². The van der Waals surface area contributed by atoms with Gasteiger partial charge in [0, 0.05) is 6.04 Å². The van der Waals surface area contributed by atoms with Gasteiger partial charge in [0.1, 0.15) is 0 Å². The summed E-state index contributed by atoms with van der Waals surface area (Å²) in [6.45, 7) is 7.44. The Hall–Kier alpha value is -0.570. The van der Waals surface area contributed by atoms with E-state index in [0.29, 0.717) is 12.0 Å². The van der Waals surface area contributed by atoms with Crippen molar-refractivity contribution in [2.75, 3.05) is 6.54 Å². The molecule has 2 atom stereocenters. The second-order valence-electron chi connectivity index (χ2n) is 5.12.